The predicted octanol–water partition coefficient (Wildman–Crippen LogP) is 3.41. The minimum absolute atomic E-state index is 0.213. The number of nitrogens with zero attached hydrogens (tertiary/aromatic N) is 1. The molecule has 0 atom stereocenters. The highest BCUT2D eigenvalue weighted by Crippen LogP contribution is 2.28. The van der Waals surface area contributed by atoms with Crippen LogP contribution in [0, 0.1) is 0 Å². The largest absolute Gasteiger partial charge is 0.492 e. The Morgan fingerprint density at radius 2 is 1.72 bits per heavy atom. The van der Waals surface area contributed by atoms with Gasteiger partial charge in [-0.3, -0.25) is 14.5 Å². The van der Waals surface area contributed by atoms with E-state index in [-0.39, 0.29) is 11.8 Å². The molecule has 4 rings (SSSR count). The number of carbonyl (C=O) groups excluding carboxylic acids is 2. The van der Waals surface area contributed by atoms with E-state index >= 15 is 0 Å². The molecule has 2 amide bonds. The van der Waals surface area contributed by atoms with Crippen molar-refractivity contribution in [2.24, 2.45) is 0 Å². The summed E-state index contributed by atoms with van der Waals surface area (Å²) in [4.78, 5) is 29.5. The molecular formula is C20H18N2O3. The van der Waals surface area contributed by atoms with Gasteiger partial charge in [-0.2, -0.15) is 0 Å². The molecule has 1 aliphatic rings. The van der Waals surface area contributed by atoms with Crippen molar-refractivity contribution in [2.45, 2.75) is 13.3 Å². The van der Waals surface area contributed by atoms with E-state index in [9.17, 15) is 9.59 Å². The van der Waals surface area contributed by atoms with Crippen LogP contribution in [0.15, 0.2) is 48.7 Å². The number of nitrogens with one attached hydrogen (secondary N) is 1. The van der Waals surface area contributed by atoms with Gasteiger partial charge in [0, 0.05) is 18.1 Å². The van der Waals surface area contributed by atoms with Gasteiger partial charge >= 0.3 is 0 Å². The number of aromatic nitrogens is 1. The number of benzene rings is 2. The minimum Gasteiger partial charge on any atom is -0.492 e. The van der Waals surface area contributed by atoms with Crippen LogP contribution in [0.5, 0.6) is 5.75 Å². The maximum absolute atomic E-state index is 12.4. The molecule has 25 heavy (non-hydrogen) atoms. The van der Waals surface area contributed by atoms with Crippen LogP contribution < -0.4 is 4.74 Å². The van der Waals surface area contributed by atoms with Gasteiger partial charge in [-0.05, 0) is 37.1 Å². The molecule has 126 valence electrons. The van der Waals surface area contributed by atoms with Crippen molar-refractivity contribution in [3.63, 3.8) is 0 Å². The monoisotopic (exact) mass is 334 g/mol. The van der Waals surface area contributed by atoms with Crippen LogP contribution in [0.4, 0.5) is 0 Å². The number of aromatic amines is 1. The number of ether oxygens (including phenoxy) is 1. The minimum atomic E-state index is -0.213. The third-order valence-corrected chi connectivity index (χ3v) is 4.55. The van der Waals surface area contributed by atoms with E-state index in [0.717, 1.165) is 22.2 Å². The lowest BCUT2D eigenvalue weighted by atomic mass is 10.1. The van der Waals surface area contributed by atoms with Crippen LogP contribution in [0.2, 0.25) is 0 Å². The fourth-order valence-electron chi connectivity index (χ4n) is 3.34. The Bertz CT molecular complexity index is 939. The molecule has 3 aromatic rings. The molecule has 0 fully saturated rings. The zero-order valence-electron chi connectivity index (χ0n) is 13.9. The predicted molar refractivity (Wildman–Crippen MR) is 95.0 cm³/mol. The van der Waals surface area contributed by atoms with Crippen LogP contribution in [-0.4, -0.2) is 34.8 Å². The van der Waals surface area contributed by atoms with Gasteiger partial charge in [0.2, 0.25) is 0 Å². The highest BCUT2D eigenvalue weighted by Gasteiger charge is 2.34. The van der Waals surface area contributed by atoms with Gasteiger partial charge in [0.1, 0.15) is 5.75 Å². The first-order chi connectivity index (χ1) is 12.2. The van der Waals surface area contributed by atoms with Crippen LogP contribution in [0.3, 0.4) is 0 Å². The zero-order valence-corrected chi connectivity index (χ0v) is 13.9. The van der Waals surface area contributed by atoms with Crippen LogP contribution in [0.1, 0.15) is 33.2 Å². The number of amides is 2. The van der Waals surface area contributed by atoms with Crippen LogP contribution >= 0.6 is 0 Å². The lowest BCUT2D eigenvalue weighted by molar-refractivity contribution is 0.0656. The second kappa shape index (κ2) is 6.09. The molecule has 1 aromatic heterocycles. The molecule has 5 heteroatoms. The first-order valence-electron chi connectivity index (χ1n) is 8.37. The third-order valence-electron chi connectivity index (χ3n) is 4.55. The Labute approximate surface area is 145 Å². The van der Waals surface area contributed by atoms with Gasteiger partial charge in [0.25, 0.3) is 11.8 Å². The van der Waals surface area contributed by atoms with Crippen molar-refractivity contribution in [1.82, 2.24) is 9.88 Å². The fourth-order valence-corrected chi connectivity index (χ4v) is 3.34. The fraction of sp³-hybridized carbons (Fsp3) is 0.200. The lowest BCUT2D eigenvalue weighted by Crippen LogP contribution is -2.31. The molecule has 0 unspecified atom stereocenters. The van der Waals surface area contributed by atoms with E-state index in [0.29, 0.717) is 30.7 Å². The number of rotatable bonds is 5. The molecule has 1 aliphatic heterocycles. The van der Waals surface area contributed by atoms with E-state index in [1.807, 2.05) is 31.3 Å². The number of H-pyrrole nitrogens is 1. The second-order valence-electron chi connectivity index (χ2n) is 5.98. The summed E-state index contributed by atoms with van der Waals surface area (Å²) in [5, 5.41) is 1.06. The standard InChI is InChI=1S/C20H18N2O3/c1-2-25-17-9-5-8-14-13(12-21-18(14)17)10-11-22-19(23)15-6-3-4-7-16(15)20(22)24/h3-9,12,21H,2,10-11H2,1H3. The van der Waals surface area contributed by atoms with Crippen molar-refractivity contribution in [2.75, 3.05) is 13.2 Å². The SMILES string of the molecule is CCOc1cccc2c(CCN3C(=O)c4ccccc4C3=O)c[nH]c12. The lowest BCUT2D eigenvalue weighted by Gasteiger charge is -2.13. The second-order valence-corrected chi connectivity index (χ2v) is 5.98. The Morgan fingerprint density at radius 3 is 2.40 bits per heavy atom. The van der Waals surface area contributed by atoms with Gasteiger partial charge in [0.05, 0.1) is 23.3 Å². The van der Waals surface area contributed by atoms with Crippen molar-refractivity contribution in [3.05, 3.63) is 65.4 Å². The molecule has 1 N–H and O–H groups in total. The molecule has 2 aromatic carbocycles. The summed E-state index contributed by atoms with van der Waals surface area (Å²) in [7, 11) is 0. The summed E-state index contributed by atoms with van der Waals surface area (Å²) in [6.45, 7) is 2.91. The first kappa shape index (κ1) is 15.4. The van der Waals surface area contributed by atoms with Crippen LogP contribution in [0.25, 0.3) is 10.9 Å². The topological polar surface area (TPSA) is 62.4 Å². The molecule has 0 saturated heterocycles. The average Bonchev–Trinajstić information content (AvgIpc) is 3.15. The summed E-state index contributed by atoms with van der Waals surface area (Å²) in [6, 6.07) is 12.9. The van der Waals surface area contributed by atoms with E-state index < -0.39 is 0 Å². The number of hydrogen-bond acceptors (Lipinski definition) is 3. The van der Waals surface area contributed by atoms with Crippen molar-refractivity contribution < 1.29 is 14.3 Å². The molecule has 5 nitrogen and oxygen atoms in total. The number of carbonyl (C=O) groups is 2. The van der Waals surface area contributed by atoms with Gasteiger partial charge in [-0.1, -0.05) is 24.3 Å². The summed E-state index contributed by atoms with van der Waals surface area (Å²) in [6.07, 6.45) is 2.52. The summed E-state index contributed by atoms with van der Waals surface area (Å²) >= 11 is 0. The first-order valence-corrected chi connectivity index (χ1v) is 8.37. The maximum atomic E-state index is 12.4. The van der Waals surface area contributed by atoms with E-state index in [4.69, 9.17) is 4.74 Å². The van der Waals surface area contributed by atoms with Crippen molar-refractivity contribution >= 4 is 22.7 Å². The van der Waals surface area contributed by atoms with Gasteiger partial charge in [-0.15, -0.1) is 0 Å². The molecule has 2 heterocycles. The van der Waals surface area contributed by atoms with E-state index in [1.54, 1.807) is 24.3 Å². The average molecular weight is 334 g/mol. The summed E-state index contributed by atoms with van der Waals surface area (Å²) in [5.41, 5.74) is 2.99. The highest BCUT2D eigenvalue weighted by molar-refractivity contribution is 6.21. The smallest absolute Gasteiger partial charge is 0.261 e. The van der Waals surface area contributed by atoms with Crippen LogP contribution in [-0.2, 0) is 6.42 Å². The molecular weight excluding hydrogens is 316 g/mol. The maximum Gasteiger partial charge on any atom is 0.261 e. The Morgan fingerprint density at radius 1 is 1.00 bits per heavy atom. The zero-order chi connectivity index (χ0) is 17.4. The van der Waals surface area contributed by atoms with Crippen molar-refractivity contribution in [1.29, 1.82) is 0 Å². The highest BCUT2D eigenvalue weighted by atomic mass is 16.5. The quantitative estimate of drug-likeness (QED) is 0.727. The number of hydrogen-bond donors (Lipinski definition) is 1. The molecule has 0 radical (unpaired) electrons. The molecule has 0 aliphatic carbocycles. The number of fused-ring (bicyclic) bond motifs is 2. The number of imide groups is 1. The van der Waals surface area contributed by atoms with E-state index in [1.165, 1.54) is 4.90 Å². The van der Waals surface area contributed by atoms with Gasteiger partial charge in [0.15, 0.2) is 0 Å². The molecule has 0 saturated carbocycles. The van der Waals surface area contributed by atoms with Crippen molar-refractivity contribution in [3.8, 4) is 5.75 Å². The van der Waals surface area contributed by atoms with Gasteiger partial charge < -0.3 is 9.72 Å². The Balaban J connectivity index is 1.57. The molecule has 0 bridgehead atoms. The Kier molecular flexibility index (Phi) is 3.76. The van der Waals surface area contributed by atoms with Gasteiger partial charge in [-0.25, -0.2) is 0 Å². The summed E-state index contributed by atoms with van der Waals surface area (Å²) in [5.74, 6) is 0.387. The third kappa shape index (κ3) is 2.48. The normalized spacial score (nSPS) is 13.6. The van der Waals surface area contributed by atoms with E-state index in [2.05, 4.69) is 4.98 Å². The summed E-state index contributed by atoms with van der Waals surface area (Å²) < 4.78 is 5.64. The molecule has 0 spiro atoms. The number of para-hydroxylation sites is 1. The Hall–Kier alpha value is -3.08.